The number of aromatic nitrogens is 18. The van der Waals surface area contributed by atoms with Crippen LogP contribution in [0.15, 0.2) is 274 Å². The number of hydrogen-bond donors (Lipinski definition) is 4. The van der Waals surface area contributed by atoms with Gasteiger partial charge < -0.3 is 33.6 Å². The van der Waals surface area contributed by atoms with Crippen molar-refractivity contribution in [3.05, 3.63) is 289 Å². The molecule has 5 N–H and O–H groups in total. The molecule has 12 rings (SSSR count). The number of imidazole rings is 6. The molecule has 0 spiro atoms. The second-order valence-corrected chi connectivity index (χ2v) is 31.4. The summed E-state index contributed by atoms with van der Waals surface area (Å²) >= 11 is 5.17. The van der Waals surface area contributed by atoms with Crippen molar-refractivity contribution >= 4 is 69.4 Å². The van der Waals surface area contributed by atoms with Gasteiger partial charge in [-0.3, -0.25) is 39.4 Å². The first kappa shape index (κ1) is 83.1. The highest BCUT2D eigenvalue weighted by Crippen LogP contribution is 2.48. The van der Waals surface area contributed by atoms with E-state index in [1.807, 2.05) is 132 Å². The molecule has 113 heavy (non-hydrogen) atoms. The maximum Gasteiger partial charge on any atom is 0.300 e. The number of nitrogens with zero attached hydrogens (tertiary/aromatic N) is 17. The molecular weight excluding hydrogens is 1440 g/mol. The Morgan fingerprint density at radius 3 is 1.32 bits per heavy atom. The lowest BCUT2D eigenvalue weighted by Gasteiger charge is -2.38. The summed E-state index contributed by atoms with van der Waals surface area (Å²) < 4.78 is 13.6. The molecule has 3 atom stereocenters. The second kappa shape index (κ2) is 36.2. The predicted octanol–water partition coefficient (Wildman–Crippen LogP) is 15.8. The lowest BCUT2D eigenvalue weighted by molar-refractivity contribution is -0.113. The number of aryl methyl sites for hydroxylation is 2. The fourth-order valence-electron chi connectivity index (χ4n) is 14.5. The first-order valence-electron chi connectivity index (χ1n) is 37.6. The summed E-state index contributed by atoms with van der Waals surface area (Å²) in [4.78, 5) is 102. The molecular formula is C86H103N21O5S. The minimum atomic E-state index is -0.432. The maximum absolute atomic E-state index is 12.8. The molecule has 0 saturated heterocycles. The number of rotatable bonds is 20. The van der Waals surface area contributed by atoms with Crippen LogP contribution in [0, 0.1) is 20.9 Å². The van der Waals surface area contributed by atoms with E-state index in [0.717, 1.165) is 76.6 Å². The monoisotopic (exact) mass is 1540 g/mol. The zero-order chi connectivity index (χ0) is 81.6. The van der Waals surface area contributed by atoms with Gasteiger partial charge in [0.05, 0.1) is 49.8 Å². The molecule has 588 valence electrons. The van der Waals surface area contributed by atoms with Crippen molar-refractivity contribution in [1.82, 2.24) is 86.6 Å². The van der Waals surface area contributed by atoms with Crippen molar-refractivity contribution in [1.29, 1.82) is 0 Å². The van der Waals surface area contributed by atoms with Crippen LogP contribution < -0.4 is 27.7 Å². The van der Waals surface area contributed by atoms with Gasteiger partial charge in [0.15, 0.2) is 38.6 Å². The molecule has 3 aliphatic rings. The van der Waals surface area contributed by atoms with Crippen molar-refractivity contribution in [2.24, 2.45) is 30.3 Å². The van der Waals surface area contributed by atoms with Gasteiger partial charge in [-0.2, -0.15) is 0 Å². The van der Waals surface area contributed by atoms with Gasteiger partial charge in [-0.05, 0) is 167 Å². The molecule has 0 aliphatic heterocycles. The first-order chi connectivity index (χ1) is 53.7. The van der Waals surface area contributed by atoms with Crippen molar-refractivity contribution in [2.75, 3.05) is 16.6 Å². The van der Waals surface area contributed by atoms with Crippen LogP contribution >= 0.6 is 12.2 Å². The van der Waals surface area contributed by atoms with Gasteiger partial charge in [-0.1, -0.05) is 162 Å². The quantitative estimate of drug-likeness (QED) is 0.0313. The van der Waals surface area contributed by atoms with Gasteiger partial charge in [0.2, 0.25) is 0 Å². The fraction of sp³-hybridized carbons (Fsp3) is 0.337. The van der Waals surface area contributed by atoms with Crippen molar-refractivity contribution in [2.45, 2.75) is 161 Å². The van der Waals surface area contributed by atoms with E-state index < -0.39 is 11.5 Å². The van der Waals surface area contributed by atoms with Crippen molar-refractivity contribution in [3.63, 3.8) is 0 Å². The van der Waals surface area contributed by atoms with Crippen molar-refractivity contribution in [3.8, 4) is 0 Å². The second-order valence-electron chi connectivity index (χ2n) is 31.0. The van der Waals surface area contributed by atoms with Crippen molar-refractivity contribution < 1.29 is 14.4 Å². The largest absolute Gasteiger partial charge is 0.369 e. The topological polar surface area (TPSA) is 307 Å². The number of allylic oxidation sites excluding steroid dienone is 28. The number of hydrogen-bond acceptors (Lipinski definition) is 16. The molecule has 2 amide bonds. The molecule has 0 fully saturated rings. The van der Waals surface area contributed by atoms with E-state index in [0.29, 0.717) is 40.6 Å². The Hall–Kier alpha value is -12.4. The van der Waals surface area contributed by atoms with Crippen LogP contribution in [0.2, 0.25) is 0 Å². The molecule has 0 bridgehead atoms. The Labute approximate surface area is 663 Å². The summed E-state index contributed by atoms with van der Waals surface area (Å²) in [7, 11) is 3.35. The average molecular weight is 1540 g/mol. The molecule has 3 unspecified atom stereocenters. The third-order valence-corrected chi connectivity index (χ3v) is 21.2. The molecule has 9 heterocycles. The van der Waals surface area contributed by atoms with Gasteiger partial charge in [0.25, 0.3) is 28.8 Å². The minimum Gasteiger partial charge on any atom is -0.369 e. The van der Waals surface area contributed by atoms with E-state index in [1.165, 1.54) is 91.0 Å². The number of amides is 2. The molecule has 9 aromatic heterocycles. The average Bonchev–Trinajstić information content (AvgIpc) is 1.52. The van der Waals surface area contributed by atoms with Crippen LogP contribution in [0.3, 0.4) is 0 Å². The Bertz CT molecular complexity index is 5730. The zero-order valence-electron chi connectivity index (χ0n) is 67.6. The van der Waals surface area contributed by atoms with Crippen LogP contribution in [0.25, 0.3) is 33.5 Å². The van der Waals surface area contributed by atoms with Gasteiger partial charge in [0.1, 0.15) is 24.5 Å². The van der Waals surface area contributed by atoms with E-state index in [9.17, 15) is 24.0 Å². The standard InChI is InChI=1S/2C29H35N7O2.C28H33N7OS/c1-20(10-11-23-22(3)24(12-13-29(23,4)5)35-15-14-30-17-35)8-7-9-21(2)16-25(37)33-36-19-31-26-27(36)32-18-34(6)28(26)38;1-20(10-11-23-22(3)24(12-13-29(23,4)5)35-15-14-30-17-35)8-7-9-21(2)16-25(37)33-36-19-32-27-26(28(36)38)31-18-34(27)6;1-18(9-10-21-20(3)22(11-12-28(21,4)5)34-14-13-30-16-34)7-6-8-19(2)15-23(36)35-17-31-24-25(35)32-27(29)33-26(24)37/h2*7-11,14-19,24H,12-13H2,1-6H3,(H,33,37);6-10,13-17,22H,11-12H2,1-5H3,(H3,29,32,33,37)/b2*9-7+,11-10+,20-8+,21-16+;8-6+,10-9+,18-7+,19-15+. The Kier molecular flexibility index (Phi) is 26.6. The highest BCUT2D eigenvalue weighted by atomic mass is 32.1. The summed E-state index contributed by atoms with van der Waals surface area (Å²) in [5.41, 5.74) is 26.5. The lowest BCUT2D eigenvalue weighted by Crippen LogP contribution is -2.32. The van der Waals surface area contributed by atoms with Gasteiger partial charge in [-0.15, -0.1) is 0 Å². The maximum atomic E-state index is 12.8. The summed E-state index contributed by atoms with van der Waals surface area (Å²) in [6.45, 7) is 32.3. The number of carbonyl (C=O) groups excluding carboxylic acids is 3. The Morgan fingerprint density at radius 2 is 0.876 bits per heavy atom. The molecule has 3 aliphatic carbocycles. The minimum absolute atomic E-state index is 0.110. The lowest BCUT2D eigenvalue weighted by atomic mass is 9.71. The van der Waals surface area contributed by atoms with E-state index in [-0.39, 0.29) is 55.2 Å². The fourth-order valence-corrected chi connectivity index (χ4v) is 14.7. The Balaban J connectivity index is 0.000000180. The molecule has 26 nitrogen and oxygen atoms in total. The number of carbonyl (C=O) groups is 3. The number of fused-ring (bicyclic) bond motifs is 3. The third kappa shape index (κ3) is 20.6. The van der Waals surface area contributed by atoms with E-state index in [4.69, 9.17) is 18.0 Å². The molecule has 0 radical (unpaired) electrons. The predicted molar refractivity (Wildman–Crippen MR) is 450 cm³/mol. The summed E-state index contributed by atoms with van der Waals surface area (Å²) in [5.74, 6) is -0.887. The molecule has 9 aromatic rings. The summed E-state index contributed by atoms with van der Waals surface area (Å²) in [5, 5.41) is 0. The summed E-state index contributed by atoms with van der Waals surface area (Å²) in [6, 6.07) is 1.03. The van der Waals surface area contributed by atoms with Crippen LogP contribution in [0.5, 0.6) is 0 Å². The number of H-pyrrole nitrogens is 1. The van der Waals surface area contributed by atoms with E-state index >= 15 is 0 Å². The molecule has 0 aromatic carbocycles. The third-order valence-electron chi connectivity index (χ3n) is 20.9. The van der Waals surface area contributed by atoms with E-state index in [1.54, 1.807) is 24.7 Å². The van der Waals surface area contributed by atoms with E-state index in [2.05, 4.69) is 194 Å². The summed E-state index contributed by atoms with van der Waals surface area (Å²) in [6.07, 6.45) is 66.1. The number of anilines is 1. The SMILES string of the molecule is CC1=C(/C=C/C(C)=C/C=C/C(C)=C/C(=O)Nn2cnc3c(=O)n(C)cnc32)C(C)(C)CCC1n1ccnc1.CC1=C(/C=C/C(C)=C/C=C/C(C)=C/C(=O)Nn2cnc3c(ncn3C)c2=O)C(C)(C)CCC1n1ccnc1.CC1=C(/C=C/C(C)=C/C=C/C(C)=C/C(=O)n2cnc3c(=S)nc(N)[nH]c32)C(C)(C)CCC1n1ccnc1. The van der Waals surface area contributed by atoms with Crippen LogP contribution in [-0.4, -0.2) is 104 Å². The molecule has 0 saturated carbocycles. The van der Waals surface area contributed by atoms with Gasteiger partial charge in [0, 0.05) is 69.5 Å². The van der Waals surface area contributed by atoms with Gasteiger partial charge in [-0.25, -0.2) is 54.2 Å². The number of nitrogen functional groups attached to an aromatic ring is 1. The zero-order valence-corrected chi connectivity index (χ0v) is 68.4. The van der Waals surface area contributed by atoms with Crippen LogP contribution in [-0.2, 0) is 23.7 Å². The smallest absolute Gasteiger partial charge is 0.300 e. The Morgan fingerprint density at radius 1 is 0.487 bits per heavy atom. The number of nitrogens with one attached hydrogen (secondary N) is 3. The van der Waals surface area contributed by atoms with Crippen LogP contribution in [0.1, 0.15) is 165 Å². The highest BCUT2D eigenvalue weighted by Gasteiger charge is 2.35. The van der Waals surface area contributed by atoms with Gasteiger partial charge >= 0.3 is 0 Å². The van der Waals surface area contributed by atoms with Crippen LogP contribution in [0.4, 0.5) is 5.95 Å². The number of aromatic amines is 1. The molecule has 27 heteroatoms. The normalized spacial score (nSPS) is 18.8. The first-order valence-corrected chi connectivity index (χ1v) is 38.0. The number of nitrogens with two attached hydrogens (primary N) is 1. The highest BCUT2D eigenvalue weighted by molar-refractivity contribution is 7.71.